The third-order valence-corrected chi connectivity index (χ3v) is 4.11. The first kappa shape index (κ1) is 17.2. The molecule has 0 unspecified atom stereocenters. The van der Waals surface area contributed by atoms with E-state index in [1.165, 1.54) is 0 Å². The number of amides is 1. The molecule has 3 rings (SSSR count). The first-order valence-corrected chi connectivity index (χ1v) is 8.59. The Balaban J connectivity index is 1.69. The molecule has 1 aromatic heterocycles. The number of aryl methyl sites for hydroxylation is 2. The average molecular weight is 397 g/mol. The number of anilines is 1. The van der Waals surface area contributed by atoms with Crippen molar-refractivity contribution in [3.63, 3.8) is 0 Å². The second-order valence-corrected chi connectivity index (χ2v) is 6.54. The highest BCUT2D eigenvalue weighted by Crippen LogP contribution is 2.25. The SMILES string of the molecule is Cc1ccc(C(=O)Nc2ccc(Oc3cccc(Br)c3)cc2)c(C)n1. The highest BCUT2D eigenvalue weighted by Gasteiger charge is 2.10. The van der Waals surface area contributed by atoms with Crippen LogP contribution in [-0.2, 0) is 0 Å². The van der Waals surface area contributed by atoms with Gasteiger partial charge in [-0.15, -0.1) is 0 Å². The summed E-state index contributed by atoms with van der Waals surface area (Å²) in [5.74, 6) is 1.27. The summed E-state index contributed by atoms with van der Waals surface area (Å²) in [7, 11) is 0. The fourth-order valence-corrected chi connectivity index (χ4v) is 2.78. The lowest BCUT2D eigenvalue weighted by molar-refractivity contribution is 0.102. The maximum atomic E-state index is 12.4. The molecule has 5 heteroatoms. The van der Waals surface area contributed by atoms with Gasteiger partial charge in [-0.3, -0.25) is 9.78 Å². The number of benzene rings is 2. The Morgan fingerprint density at radius 3 is 2.44 bits per heavy atom. The molecule has 1 N–H and O–H groups in total. The maximum Gasteiger partial charge on any atom is 0.257 e. The van der Waals surface area contributed by atoms with Gasteiger partial charge in [0.2, 0.25) is 0 Å². The van der Waals surface area contributed by atoms with Crippen molar-refractivity contribution in [3.05, 3.63) is 82.1 Å². The lowest BCUT2D eigenvalue weighted by Crippen LogP contribution is -2.14. The summed E-state index contributed by atoms with van der Waals surface area (Å²) < 4.78 is 6.74. The number of nitrogens with zero attached hydrogens (tertiary/aromatic N) is 1. The molecule has 3 aromatic rings. The van der Waals surface area contributed by atoms with Gasteiger partial charge in [-0.1, -0.05) is 22.0 Å². The van der Waals surface area contributed by atoms with Crippen LogP contribution in [0.3, 0.4) is 0 Å². The zero-order chi connectivity index (χ0) is 17.8. The van der Waals surface area contributed by atoms with Crippen LogP contribution in [-0.4, -0.2) is 10.9 Å². The van der Waals surface area contributed by atoms with Crippen LogP contribution in [0, 0.1) is 13.8 Å². The van der Waals surface area contributed by atoms with Gasteiger partial charge in [0.15, 0.2) is 0 Å². The van der Waals surface area contributed by atoms with Crippen molar-refractivity contribution >= 4 is 27.5 Å². The van der Waals surface area contributed by atoms with E-state index in [0.29, 0.717) is 22.7 Å². The molecule has 0 bridgehead atoms. The summed E-state index contributed by atoms with van der Waals surface area (Å²) in [4.78, 5) is 16.7. The molecule has 0 aliphatic heterocycles. The lowest BCUT2D eigenvalue weighted by atomic mass is 10.1. The summed E-state index contributed by atoms with van der Waals surface area (Å²) >= 11 is 3.41. The Bertz CT molecular complexity index is 908. The smallest absolute Gasteiger partial charge is 0.257 e. The summed E-state index contributed by atoms with van der Waals surface area (Å²) in [6.45, 7) is 3.73. The molecule has 0 atom stereocenters. The summed E-state index contributed by atoms with van der Waals surface area (Å²) in [6, 6.07) is 18.5. The molecule has 0 fully saturated rings. The van der Waals surface area contributed by atoms with Gasteiger partial charge in [-0.2, -0.15) is 0 Å². The quantitative estimate of drug-likeness (QED) is 0.632. The summed E-state index contributed by atoms with van der Waals surface area (Å²) in [5.41, 5.74) is 2.88. The highest BCUT2D eigenvalue weighted by molar-refractivity contribution is 9.10. The number of hydrogen-bond donors (Lipinski definition) is 1. The molecule has 0 spiro atoms. The molecular weight excluding hydrogens is 380 g/mol. The monoisotopic (exact) mass is 396 g/mol. The highest BCUT2D eigenvalue weighted by atomic mass is 79.9. The van der Waals surface area contributed by atoms with E-state index in [4.69, 9.17) is 4.74 Å². The number of carbonyl (C=O) groups excluding carboxylic acids is 1. The molecular formula is C20H17BrN2O2. The van der Waals surface area contributed by atoms with Crippen LogP contribution in [0.2, 0.25) is 0 Å². The predicted octanol–water partition coefficient (Wildman–Crippen LogP) is 5.51. The van der Waals surface area contributed by atoms with Gasteiger partial charge in [0.1, 0.15) is 11.5 Å². The van der Waals surface area contributed by atoms with Crippen LogP contribution in [0.25, 0.3) is 0 Å². The number of ether oxygens (including phenoxy) is 1. The Kier molecular flexibility index (Phi) is 5.14. The zero-order valence-electron chi connectivity index (χ0n) is 13.9. The normalized spacial score (nSPS) is 10.4. The first-order valence-electron chi connectivity index (χ1n) is 7.80. The van der Waals surface area contributed by atoms with Crippen molar-refractivity contribution in [2.45, 2.75) is 13.8 Å². The van der Waals surface area contributed by atoms with Crippen molar-refractivity contribution < 1.29 is 9.53 Å². The van der Waals surface area contributed by atoms with Gasteiger partial charge in [0, 0.05) is 15.9 Å². The van der Waals surface area contributed by atoms with Crippen LogP contribution in [0.5, 0.6) is 11.5 Å². The number of hydrogen-bond acceptors (Lipinski definition) is 3. The number of nitrogens with one attached hydrogen (secondary N) is 1. The Morgan fingerprint density at radius 1 is 1.00 bits per heavy atom. The fourth-order valence-electron chi connectivity index (χ4n) is 2.40. The molecule has 0 saturated heterocycles. The summed E-state index contributed by atoms with van der Waals surface area (Å²) in [6.07, 6.45) is 0. The van der Waals surface area contributed by atoms with Crippen molar-refractivity contribution in [2.24, 2.45) is 0 Å². The topological polar surface area (TPSA) is 51.2 Å². The molecule has 0 aliphatic carbocycles. The number of halogens is 1. The van der Waals surface area contributed by atoms with Crippen molar-refractivity contribution in [2.75, 3.05) is 5.32 Å². The Hall–Kier alpha value is -2.66. The van der Waals surface area contributed by atoms with Crippen molar-refractivity contribution in [3.8, 4) is 11.5 Å². The summed E-state index contributed by atoms with van der Waals surface area (Å²) in [5, 5.41) is 2.88. The Labute approximate surface area is 155 Å². The number of rotatable bonds is 4. The third kappa shape index (κ3) is 4.45. The predicted molar refractivity (Wildman–Crippen MR) is 102 cm³/mol. The minimum atomic E-state index is -0.175. The van der Waals surface area contributed by atoms with E-state index in [1.54, 1.807) is 6.07 Å². The van der Waals surface area contributed by atoms with Crippen LogP contribution < -0.4 is 10.1 Å². The van der Waals surface area contributed by atoms with E-state index in [1.807, 2.05) is 68.4 Å². The van der Waals surface area contributed by atoms with Crippen LogP contribution in [0.15, 0.2) is 65.1 Å². The van der Waals surface area contributed by atoms with E-state index >= 15 is 0 Å². The zero-order valence-corrected chi connectivity index (χ0v) is 15.5. The molecule has 0 saturated carbocycles. The van der Waals surface area contributed by atoms with Gasteiger partial charge in [-0.05, 0) is 68.4 Å². The van der Waals surface area contributed by atoms with E-state index in [9.17, 15) is 4.79 Å². The van der Waals surface area contributed by atoms with Crippen LogP contribution >= 0.6 is 15.9 Å². The first-order chi connectivity index (χ1) is 12.0. The molecule has 25 heavy (non-hydrogen) atoms. The molecule has 0 radical (unpaired) electrons. The fraction of sp³-hybridized carbons (Fsp3) is 0.100. The molecule has 1 amide bonds. The minimum Gasteiger partial charge on any atom is -0.457 e. The van der Waals surface area contributed by atoms with Gasteiger partial charge >= 0.3 is 0 Å². The Morgan fingerprint density at radius 2 is 1.76 bits per heavy atom. The standard InChI is InChI=1S/C20H17BrN2O2/c1-13-6-11-19(14(2)22-13)20(24)23-16-7-9-17(10-8-16)25-18-5-3-4-15(21)12-18/h3-12H,1-2H3,(H,23,24). The van der Waals surface area contributed by atoms with Crippen LogP contribution in [0.1, 0.15) is 21.7 Å². The van der Waals surface area contributed by atoms with Gasteiger partial charge in [0.25, 0.3) is 5.91 Å². The van der Waals surface area contributed by atoms with Gasteiger partial charge in [0.05, 0.1) is 11.3 Å². The number of pyridine rings is 1. The van der Waals surface area contributed by atoms with E-state index in [0.717, 1.165) is 15.9 Å². The number of aromatic nitrogens is 1. The van der Waals surface area contributed by atoms with E-state index in [2.05, 4.69) is 26.2 Å². The molecule has 2 aromatic carbocycles. The van der Waals surface area contributed by atoms with Crippen molar-refractivity contribution in [1.82, 2.24) is 4.98 Å². The second kappa shape index (κ2) is 7.49. The number of carbonyl (C=O) groups is 1. The average Bonchev–Trinajstić information content (AvgIpc) is 2.56. The molecule has 4 nitrogen and oxygen atoms in total. The molecule has 126 valence electrons. The van der Waals surface area contributed by atoms with Crippen LogP contribution in [0.4, 0.5) is 5.69 Å². The van der Waals surface area contributed by atoms with Crippen molar-refractivity contribution in [1.29, 1.82) is 0 Å². The lowest BCUT2D eigenvalue weighted by Gasteiger charge is -2.09. The third-order valence-electron chi connectivity index (χ3n) is 3.61. The minimum absolute atomic E-state index is 0.175. The molecule has 0 aliphatic rings. The van der Waals surface area contributed by atoms with E-state index in [-0.39, 0.29) is 5.91 Å². The van der Waals surface area contributed by atoms with Gasteiger partial charge in [-0.25, -0.2) is 0 Å². The second-order valence-electron chi connectivity index (χ2n) is 5.62. The largest absolute Gasteiger partial charge is 0.457 e. The maximum absolute atomic E-state index is 12.4. The molecule has 1 heterocycles. The van der Waals surface area contributed by atoms with E-state index < -0.39 is 0 Å². The van der Waals surface area contributed by atoms with Gasteiger partial charge < -0.3 is 10.1 Å².